The zero-order chi connectivity index (χ0) is 13.8. The summed E-state index contributed by atoms with van der Waals surface area (Å²) in [5.74, 6) is 0.758. The average molecular weight is 278 g/mol. The molecule has 4 nitrogen and oxygen atoms in total. The number of nitrogens with zero attached hydrogens (tertiary/aromatic N) is 1. The van der Waals surface area contributed by atoms with Crippen molar-refractivity contribution in [2.24, 2.45) is 0 Å². The molecule has 0 aliphatic rings. The number of aryl methyl sites for hydroxylation is 1. The quantitative estimate of drug-likeness (QED) is 0.845. The van der Waals surface area contributed by atoms with Crippen molar-refractivity contribution in [3.05, 3.63) is 34.9 Å². The Morgan fingerprint density at radius 2 is 2.11 bits per heavy atom. The molecule has 2 N–H and O–H groups in total. The van der Waals surface area contributed by atoms with Crippen molar-refractivity contribution in [1.29, 1.82) is 0 Å². The number of fused-ring (bicyclic) bond motifs is 1. The molecular weight excluding hydrogens is 262 g/mol. The molecule has 1 heterocycles. The highest BCUT2D eigenvalue weighted by atomic mass is 35.5. The second-order valence-electron chi connectivity index (χ2n) is 4.40. The number of aromatic nitrogens is 1. The third-order valence-corrected chi connectivity index (χ3v) is 3.02. The maximum absolute atomic E-state index is 10.8. The van der Waals surface area contributed by atoms with E-state index in [0.29, 0.717) is 18.1 Å². The summed E-state index contributed by atoms with van der Waals surface area (Å²) >= 11 is 5.98. The van der Waals surface area contributed by atoms with Crippen molar-refractivity contribution in [2.75, 3.05) is 18.4 Å². The van der Waals surface area contributed by atoms with Gasteiger partial charge in [-0.15, -0.1) is 0 Å². The van der Waals surface area contributed by atoms with Gasteiger partial charge in [0, 0.05) is 30.4 Å². The van der Waals surface area contributed by atoms with E-state index >= 15 is 0 Å². The lowest BCUT2D eigenvalue weighted by atomic mass is 10.1. The Morgan fingerprint density at radius 1 is 1.32 bits per heavy atom. The predicted octanol–water partition coefficient (Wildman–Crippen LogP) is 2.74. The number of carbonyl (C=O) groups is 1. The second kappa shape index (κ2) is 5.89. The van der Waals surface area contributed by atoms with Gasteiger partial charge in [-0.3, -0.25) is 4.79 Å². The number of nitrogens with one attached hydrogen (secondary N) is 2. The van der Waals surface area contributed by atoms with Crippen LogP contribution in [0.5, 0.6) is 0 Å². The van der Waals surface area contributed by atoms with Crippen LogP contribution in [0.2, 0.25) is 5.02 Å². The maximum atomic E-state index is 10.8. The molecular formula is C14H16ClN3O. The molecule has 0 atom stereocenters. The zero-order valence-corrected chi connectivity index (χ0v) is 11.7. The standard InChI is InChI=1S/C14H16ClN3O/c1-9-7-14(17-6-5-16-10(2)19)18-13-8-11(15)3-4-12(9)13/h3-4,7-8H,5-6H2,1-2H3,(H,16,19)(H,17,18). The van der Waals surface area contributed by atoms with Crippen LogP contribution in [0.4, 0.5) is 5.82 Å². The zero-order valence-electron chi connectivity index (χ0n) is 11.0. The van der Waals surface area contributed by atoms with Crippen molar-refractivity contribution < 1.29 is 4.79 Å². The van der Waals surface area contributed by atoms with Gasteiger partial charge < -0.3 is 10.6 Å². The van der Waals surface area contributed by atoms with Gasteiger partial charge in [0.25, 0.3) is 0 Å². The molecule has 0 saturated carbocycles. The average Bonchev–Trinajstić information content (AvgIpc) is 2.34. The molecule has 100 valence electrons. The number of hydrogen-bond acceptors (Lipinski definition) is 3. The van der Waals surface area contributed by atoms with Crippen LogP contribution in [-0.2, 0) is 4.79 Å². The highest BCUT2D eigenvalue weighted by Crippen LogP contribution is 2.23. The molecule has 1 aromatic heterocycles. The van der Waals surface area contributed by atoms with Crippen molar-refractivity contribution in [3.8, 4) is 0 Å². The van der Waals surface area contributed by atoms with Gasteiger partial charge >= 0.3 is 0 Å². The van der Waals surface area contributed by atoms with E-state index in [0.717, 1.165) is 22.3 Å². The molecule has 2 rings (SSSR count). The predicted molar refractivity (Wildman–Crippen MR) is 78.7 cm³/mol. The fraction of sp³-hybridized carbons (Fsp3) is 0.286. The van der Waals surface area contributed by atoms with Gasteiger partial charge in [0.15, 0.2) is 0 Å². The van der Waals surface area contributed by atoms with Crippen molar-refractivity contribution in [1.82, 2.24) is 10.3 Å². The van der Waals surface area contributed by atoms with Crippen LogP contribution < -0.4 is 10.6 Å². The third-order valence-electron chi connectivity index (χ3n) is 2.78. The Bertz CT molecular complexity index is 613. The van der Waals surface area contributed by atoms with Crippen molar-refractivity contribution in [2.45, 2.75) is 13.8 Å². The summed E-state index contributed by atoms with van der Waals surface area (Å²) < 4.78 is 0. The summed E-state index contributed by atoms with van der Waals surface area (Å²) in [6.07, 6.45) is 0. The summed E-state index contributed by atoms with van der Waals surface area (Å²) in [5, 5.41) is 7.68. The number of hydrogen-bond donors (Lipinski definition) is 2. The molecule has 1 amide bonds. The molecule has 0 bridgehead atoms. The normalized spacial score (nSPS) is 10.5. The lowest BCUT2D eigenvalue weighted by molar-refractivity contribution is -0.118. The van der Waals surface area contributed by atoms with Crippen molar-refractivity contribution >= 4 is 34.2 Å². The Morgan fingerprint density at radius 3 is 2.84 bits per heavy atom. The molecule has 1 aromatic carbocycles. The lowest BCUT2D eigenvalue weighted by Gasteiger charge is -2.09. The fourth-order valence-corrected chi connectivity index (χ4v) is 2.06. The number of rotatable bonds is 4. The molecule has 0 aliphatic carbocycles. The largest absolute Gasteiger partial charge is 0.368 e. The summed E-state index contributed by atoms with van der Waals surface area (Å²) in [4.78, 5) is 15.3. The molecule has 0 fully saturated rings. The number of halogens is 1. The van der Waals surface area contributed by atoms with Crippen LogP contribution in [0.25, 0.3) is 10.9 Å². The van der Waals surface area contributed by atoms with Crippen LogP contribution in [0, 0.1) is 6.92 Å². The van der Waals surface area contributed by atoms with Gasteiger partial charge in [0.05, 0.1) is 5.52 Å². The maximum Gasteiger partial charge on any atom is 0.216 e. The summed E-state index contributed by atoms with van der Waals surface area (Å²) in [6.45, 7) is 4.75. The Hall–Kier alpha value is -1.81. The highest BCUT2D eigenvalue weighted by Gasteiger charge is 2.03. The Kier molecular flexibility index (Phi) is 4.22. The SMILES string of the molecule is CC(=O)NCCNc1cc(C)c2ccc(Cl)cc2n1. The minimum absolute atomic E-state index is 0.0313. The lowest BCUT2D eigenvalue weighted by Crippen LogP contribution is -2.26. The molecule has 0 aliphatic heterocycles. The summed E-state index contributed by atoms with van der Waals surface area (Å²) in [6, 6.07) is 7.68. The number of carbonyl (C=O) groups excluding carboxylic acids is 1. The minimum Gasteiger partial charge on any atom is -0.368 e. The fourth-order valence-electron chi connectivity index (χ4n) is 1.90. The molecule has 0 saturated heterocycles. The Labute approximate surface area is 117 Å². The second-order valence-corrected chi connectivity index (χ2v) is 4.83. The van der Waals surface area contributed by atoms with Crippen LogP contribution in [0.1, 0.15) is 12.5 Å². The molecule has 0 radical (unpaired) electrons. The molecule has 0 unspecified atom stereocenters. The van der Waals surface area contributed by atoms with E-state index in [-0.39, 0.29) is 5.91 Å². The van der Waals surface area contributed by atoms with Crippen LogP contribution in [0.3, 0.4) is 0 Å². The minimum atomic E-state index is -0.0313. The topological polar surface area (TPSA) is 54.0 Å². The van der Waals surface area contributed by atoms with E-state index in [1.54, 1.807) is 0 Å². The third kappa shape index (κ3) is 3.58. The van der Waals surface area contributed by atoms with E-state index in [9.17, 15) is 4.79 Å². The van der Waals surface area contributed by atoms with Gasteiger partial charge in [0.1, 0.15) is 5.82 Å². The number of anilines is 1. The molecule has 0 spiro atoms. The first-order valence-corrected chi connectivity index (χ1v) is 6.49. The van der Waals surface area contributed by atoms with Crippen LogP contribution in [0.15, 0.2) is 24.3 Å². The number of benzene rings is 1. The molecule has 5 heteroatoms. The van der Waals surface area contributed by atoms with Gasteiger partial charge in [-0.05, 0) is 30.7 Å². The van der Waals surface area contributed by atoms with Crippen molar-refractivity contribution in [3.63, 3.8) is 0 Å². The summed E-state index contributed by atoms with van der Waals surface area (Å²) in [5.41, 5.74) is 2.01. The molecule has 19 heavy (non-hydrogen) atoms. The highest BCUT2D eigenvalue weighted by molar-refractivity contribution is 6.31. The van der Waals surface area contributed by atoms with Gasteiger partial charge in [-0.2, -0.15) is 0 Å². The van der Waals surface area contributed by atoms with E-state index < -0.39 is 0 Å². The van der Waals surface area contributed by atoms with Crippen LogP contribution in [-0.4, -0.2) is 24.0 Å². The number of amides is 1. The Balaban J connectivity index is 2.13. The molecule has 2 aromatic rings. The first-order valence-electron chi connectivity index (χ1n) is 6.11. The van der Waals surface area contributed by atoms with E-state index in [4.69, 9.17) is 11.6 Å². The van der Waals surface area contributed by atoms with Gasteiger partial charge in [-0.25, -0.2) is 4.98 Å². The number of pyridine rings is 1. The van der Waals surface area contributed by atoms with E-state index in [2.05, 4.69) is 15.6 Å². The van der Waals surface area contributed by atoms with Gasteiger partial charge in [0.2, 0.25) is 5.91 Å². The first-order chi connectivity index (χ1) is 9.06. The monoisotopic (exact) mass is 277 g/mol. The smallest absolute Gasteiger partial charge is 0.216 e. The van der Waals surface area contributed by atoms with Crippen LogP contribution >= 0.6 is 11.6 Å². The van der Waals surface area contributed by atoms with Gasteiger partial charge in [-0.1, -0.05) is 17.7 Å². The summed E-state index contributed by atoms with van der Waals surface area (Å²) in [7, 11) is 0. The van der Waals surface area contributed by atoms with E-state index in [1.165, 1.54) is 6.92 Å². The first kappa shape index (κ1) is 13.6. The van der Waals surface area contributed by atoms with E-state index in [1.807, 2.05) is 31.2 Å².